The first kappa shape index (κ1) is 10.5. The highest BCUT2D eigenvalue weighted by Crippen LogP contribution is 2.21. The molecule has 1 aromatic carbocycles. The maximum atomic E-state index is 11.8. The number of hydrogen-bond acceptors (Lipinski definition) is 1. The Hall–Kier alpha value is -0.630. The van der Waals surface area contributed by atoms with Crippen molar-refractivity contribution in [2.45, 2.75) is 31.3 Å². The average molecular weight is 196 g/mol. The largest absolute Gasteiger partial charge is 0.259 e. The molecule has 0 aromatic heterocycles. The van der Waals surface area contributed by atoms with Crippen LogP contribution >= 0.6 is 0 Å². The third-order valence-electron chi connectivity index (χ3n) is 2.08. The number of rotatable bonds is 3. The van der Waals surface area contributed by atoms with Gasteiger partial charge in [0.05, 0.1) is 5.25 Å². The third-order valence-corrected chi connectivity index (χ3v) is 3.98. The van der Waals surface area contributed by atoms with Gasteiger partial charge in [0.2, 0.25) is 0 Å². The third kappa shape index (κ3) is 2.66. The van der Waals surface area contributed by atoms with Crippen LogP contribution in [-0.2, 0) is 10.8 Å². The predicted molar refractivity (Wildman–Crippen MR) is 58.1 cm³/mol. The lowest BCUT2D eigenvalue weighted by atomic mass is 10.2. The molecule has 2 unspecified atom stereocenters. The van der Waals surface area contributed by atoms with Crippen molar-refractivity contribution < 1.29 is 4.21 Å². The molecule has 2 heteroatoms. The van der Waals surface area contributed by atoms with Gasteiger partial charge in [-0.3, -0.25) is 4.21 Å². The zero-order valence-corrected chi connectivity index (χ0v) is 9.17. The highest BCUT2D eigenvalue weighted by molar-refractivity contribution is 7.85. The molecule has 2 atom stereocenters. The summed E-state index contributed by atoms with van der Waals surface area (Å²) in [5, 5.41) is 0.372. The molecule has 0 aliphatic carbocycles. The van der Waals surface area contributed by atoms with E-state index in [1.807, 2.05) is 51.1 Å². The minimum absolute atomic E-state index is 0.140. The van der Waals surface area contributed by atoms with E-state index >= 15 is 0 Å². The smallest absolute Gasteiger partial charge is 0.0571 e. The van der Waals surface area contributed by atoms with E-state index in [2.05, 4.69) is 0 Å². The van der Waals surface area contributed by atoms with Crippen LogP contribution in [0.1, 0.15) is 31.6 Å². The van der Waals surface area contributed by atoms with Gasteiger partial charge >= 0.3 is 0 Å². The van der Waals surface area contributed by atoms with Crippen LogP contribution in [-0.4, -0.2) is 9.46 Å². The van der Waals surface area contributed by atoms with Gasteiger partial charge in [0, 0.05) is 16.0 Å². The lowest BCUT2D eigenvalue weighted by molar-refractivity contribution is 0.669. The van der Waals surface area contributed by atoms with Crippen LogP contribution in [0.2, 0.25) is 0 Å². The summed E-state index contributed by atoms with van der Waals surface area (Å²) in [6.07, 6.45) is 0. The van der Waals surface area contributed by atoms with Crippen molar-refractivity contribution in [1.82, 2.24) is 0 Å². The summed E-state index contributed by atoms with van der Waals surface area (Å²) in [5.41, 5.74) is 1.16. The number of benzene rings is 1. The molecule has 0 heterocycles. The molecule has 1 aromatic rings. The van der Waals surface area contributed by atoms with E-state index in [4.69, 9.17) is 0 Å². The predicted octanol–water partition coefficient (Wildman–Crippen LogP) is 2.90. The lowest BCUT2D eigenvalue weighted by Crippen LogP contribution is -2.12. The van der Waals surface area contributed by atoms with Gasteiger partial charge in [0.15, 0.2) is 0 Å². The molecule has 0 N–H and O–H groups in total. The van der Waals surface area contributed by atoms with Crippen LogP contribution in [0.25, 0.3) is 0 Å². The molecular weight excluding hydrogens is 180 g/mol. The van der Waals surface area contributed by atoms with Gasteiger partial charge in [-0.05, 0) is 12.5 Å². The first-order valence-corrected chi connectivity index (χ1v) is 5.85. The van der Waals surface area contributed by atoms with Crippen LogP contribution in [0.5, 0.6) is 0 Å². The van der Waals surface area contributed by atoms with Gasteiger partial charge in [-0.2, -0.15) is 0 Å². The Labute approximate surface area is 82.6 Å². The van der Waals surface area contributed by atoms with Crippen LogP contribution in [0.4, 0.5) is 0 Å². The summed E-state index contributed by atoms with van der Waals surface area (Å²) in [7, 11) is -0.767. The number of hydrogen-bond donors (Lipinski definition) is 0. The van der Waals surface area contributed by atoms with Crippen molar-refractivity contribution in [2.24, 2.45) is 0 Å². The molecule has 13 heavy (non-hydrogen) atoms. The van der Waals surface area contributed by atoms with E-state index < -0.39 is 10.8 Å². The lowest BCUT2D eigenvalue weighted by Gasteiger charge is -2.14. The topological polar surface area (TPSA) is 17.1 Å². The molecular formula is C11H16OS. The minimum atomic E-state index is -0.767. The molecule has 72 valence electrons. The van der Waals surface area contributed by atoms with Gasteiger partial charge in [-0.25, -0.2) is 0 Å². The normalized spacial score (nSPS) is 15.7. The van der Waals surface area contributed by atoms with Gasteiger partial charge < -0.3 is 0 Å². The summed E-state index contributed by atoms with van der Waals surface area (Å²) in [4.78, 5) is 0. The zero-order valence-electron chi connectivity index (χ0n) is 8.36. The first-order chi connectivity index (χ1) is 6.13. The molecule has 1 rings (SSSR count). The van der Waals surface area contributed by atoms with Gasteiger partial charge in [-0.15, -0.1) is 0 Å². The van der Waals surface area contributed by atoms with Gasteiger partial charge in [0.1, 0.15) is 0 Å². The fraction of sp³-hybridized carbons (Fsp3) is 0.455. The molecule has 0 amide bonds. The SMILES string of the molecule is CC(C)S(=O)C(C)c1ccccc1. The Kier molecular flexibility index (Phi) is 3.67. The first-order valence-electron chi connectivity index (χ1n) is 4.57. The molecule has 0 saturated heterocycles. The van der Waals surface area contributed by atoms with E-state index in [1.165, 1.54) is 0 Å². The quantitative estimate of drug-likeness (QED) is 0.726. The Balaban J connectivity index is 2.80. The van der Waals surface area contributed by atoms with E-state index in [9.17, 15) is 4.21 Å². The summed E-state index contributed by atoms with van der Waals surface area (Å²) < 4.78 is 11.8. The summed E-state index contributed by atoms with van der Waals surface area (Å²) in [5.74, 6) is 0. The van der Waals surface area contributed by atoms with Crippen molar-refractivity contribution in [3.05, 3.63) is 35.9 Å². The standard InChI is InChI=1S/C11H16OS/c1-9(2)13(12)10(3)11-7-5-4-6-8-11/h4-10H,1-3H3. The Morgan fingerprint density at radius 1 is 1.08 bits per heavy atom. The Bertz CT molecular complexity index is 279. The van der Waals surface area contributed by atoms with E-state index in [-0.39, 0.29) is 10.5 Å². The van der Waals surface area contributed by atoms with Crippen molar-refractivity contribution >= 4 is 10.8 Å². The van der Waals surface area contributed by atoms with E-state index in [0.29, 0.717) is 0 Å². The summed E-state index contributed by atoms with van der Waals surface area (Å²) in [6, 6.07) is 10.0. The molecule has 0 aliphatic heterocycles. The van der Waals surface area contributed by atoms with Crippen molar-refractivity contribution in [1.29, 1.82) is 0 Å². The van der Waals surface area contributed by atoms with Crippen molar-refractivity contribution in [2.75, 3.05) is 0 Å². The molecule has 0 aliphatic rings. The maximum Gasteiger partial charge on any atom is 0.0571 e. The molecule has 0 saturated carbocycles. The molecule has 0 fully saturated rings. The second-order valence-electron chi connectivity index (χ2n) is 3.43. The fourth-order valence-corrected chi connectivity index (χ4v) is 2.51. The second-order valence-corrected chi connectivity index (χ2v) is 5.74. The minimum Gasteiger partial charge on any atom is -0.259 e. The zero-order chi connectivity index (χ0) is 9.84. The van der Waals surface area contributed by atoms with Crippen molar-refractivity contribution in [3.63, 3.8) is 0 Å². The molecule has 1 nitrogen and oxygen atoms in total. The van der Waals surface area contributed by atoms with Gasteiger partial charge in [-0.1, -0.05) is 44.2 Å². The highest BCUT2D eigenvalue weighted by atomic mass is 32.2. The maximum absolute atomic E-state index is 11.8. The summed E-state index contributed by atoms with van der Waals surface area (Å²) in [6.45, 7) is 6.01. The van der Waals surface area contributed by atoms with Gasteiger partial charge in [0.25, 0.3) is 0 Å². The van der Waals surface area contributed by atoms with Crippen LogP contribution in [0, 0.1) is 0 Å². The average Bonchev–Trinajstić information content (AvgIpc) is 2.17. The fourth-order valence-electron chi connectivity index (χ4n) is 1.27. The molecule has 0 radical (unpaired) electrons. The highest BCUT2D eigenvalue weighted by Gasteiger charge is 2.15. The monoisotopic (exact) mass is 196 g/mol. The van der Waals surface area contributed by atoms with Crippen LogP contribution < -0.4 is 0 Å². The van der Waals surface area contributed by atoms with E-state index in [0.717, 1.165) is 5.56 Å². The molecule has 0 bridgehead atoms. The van der Waals surface area contributed by atoms with Crippen LogP contribution in [0.3, 0.4) is 0 Å². The summed E-state index contributed by atoms with van der Waals surface area (Å²) >= 11 is 0. The second kappa shape index (κ2) is 4.56. The molecule has 0 spiro atoms. The Morgan fingerprint density at radius 2 is 1.62 bits per heavy atom. The van der Waals surface area contributed by atoms with Crippen molar-refractivity contribution in [3.8, 4) is 0 Å². The van der Waals surface area contributed by atoms with E-state index in [1.54, 1.807) is 0 Å². The van der Waals surface area contributed by atoms with Crippen LogP contribution in [0.15, 0.2) is 30.3 Å². The Morgan fingerprint density at radius 3 is 2.08 bits per heavy atom.